The average molecular weight is 312 g/mol. The molecule has 0 atom stereocenters. The lowest BCUT2D eigenvalue weighted by Gasteiger charge is -2.32. The third-order valence-corrected chi connectivity index (χ3v) is 4.09. The van der Waals surface area contributed by atoms with Gasteiger partial charge in [-0.15, -0.1) is 0 Å². The molecule has 0 spiro atoms. The van der Waals surface area contributed by atoms with Crippen LogP contribution in [0.5, 0.6) is 0 Å². The quantitative estimate of drug-likeness (QED) is 0.635. The largest absolute Gasteiger partial charge is 0.495 e. The summed E-state index contributed by atoms with van der Waals surface area (Å²) in [6, 6.07) is 1.73. The Morgan fingerprint density at radius 1 is 1.14 bits per heavy atom. The summed E-state index contributed by atoms with van der Waals surface area (Å²) in [5.74, 6) is -2.94. The van der Waals surface area contributed by atoms with Crippen molar-refractivity contribution in [3.05, 3.63) is 29.3 Å². The van der Waals surface area contributed by atoms with Gasteiger partial charge < -0.3 is 14.0 Å². The van der Waals surface area contributed by atoms with Crippen molar-refractivity contribution < 1.29 is 27.6 Å². The number of carbonyl (C=O) groups excluding carboxylic acids is 1. The maximum Gasteiger partial charge on any atom is 0.495 e. The van der Waals surface area contributed by atoms with E-state index in [-0.39, 0.29) is 17.6 Å². The number of hydrogen-bond donors (Lipinski definition) is 0. The lowest BCUT2D eigenvalue weighted by atomic mass is 9.75. The summed E-state index contributed by atoms with van der Waals surface area (Å²) in [6.07, 6.45) is 0. The second-order valence-electron chi connectivity index (χ2n) is 6.16. The van der Waals surface area contributed by atoms with Gasteiger partial charge in [-0.2, -0.15) is 0 Å². The molecule has 1 fully saturated rings. The van der Waals surface area contributed by atoms with Crippen LogP contribution in [0.1, 0.15) is 45.0 Å². The molecule has 0 bridgehead atoms. The Balaban J connectivity index is 2.47. The predicted octanol–water partition coefficient (Wildman–Crippen LogP) is 2.44. The van der Waals surface area contributed by atoms with Crippen LogP contribution in [0.3, 0.4) is 0 Å². The molecule has 1 aromatic rings. The minimum absolute atomic E-state index is 0.0979. The van der Waals surface area contributed by atoms with Crippen molar-refractivity contribution in [2.45, 2.75) is 45.8 Å². The highest BCUT2D eigenvalue weighted by Gasteiger charge is 2.52. The molecule has 4 nitrogen and oxygen atoms in total. The first-order chi connectivity index (χ1) is 10.1. The zero-order valence-electron chi connectivity index (χ0n) is 13.3. The second kappa shape index (κ2) is 5.63. The number of carbonyl (C=O) groups is 1. The minimum atomic E-state index is -1.12. The van der Waals surface area contributed by atoms with Gasteiger partial charge in [0.05, 0.1) is 23.4 Å². The van der Waals surface area contributed by atoms with Gasteiger partial charge in [-0.05, 0) is 46.8 Å². The normalized spacial score (nSPS) is 19.3. The van der Waals surface area contributed by atoms with E-state index in [0.717, 1.165) is 12.1 Å². The van der Waals surface area contributed by atoms with Crippen molar-refractivity contribution >= 4 is 18.6 Å². The Hall–Kier alpha value is -1.47. The monoisotopic (exact) mass is 312 g/mol. The fourth-order valence-corrected chi connectivity index (χ4v) is 2.11. The zero-order chi connectivity index (χ0) is 16.7. The molecule has 0 aliphatic carbocycles. The smallest absolute Gasteiger partial charge is 0.462 e. The van der Waals surface area contributed by atoms with Gasteiger partial charge in [-0.25, -0.2) is 13.6 Å². The van der Waals surface area contributed by atoms with E-state index in [0.29, 0.717) is 0 Å². The van der Waals surface area contributed by atoms with E-state index in [9.17, 15) is 13.6 Å². The second-order valence-corrected chi connectivity index (χ2v) is 6.16. The number of rotatable bonds is 3. The van der Waals surface area contributed by atoms with E-state index in [1.165, 1.54) is 0 Å². The Kier molecular flexibility index (Phi) is 4.32. The summed E-state index contributed by atoms with van der Waals surface area (Å²) in [5.41, 5.74) is -1.29. The summed E-state index contributed by atoms with van der Waals surface area (Å²) < 4.78 is 43.6. The van der Waals surface area contributed by atoms with Gasteiger partial charge >= 0.3 is 13.1 Å². The first-order valence-electron chi connectivity index (χ1n) is 7.11. The molecule has 0 aromatic heterocycles. The van der Waals surface area contributed by atoms with Crippen molar-refractivity contribution in [3.8, 4) is 0 Å². The first-order valence-corrected chi connectivity index (χ1v) is 7.11. The van der Waals surface area contributed by atoms with Crippen LogP contribution >= 0.6 is 0 Å². The van der Waals surface area contributed by atoms with E-state index in [4.69, 9.17) is 14.0 Å². The predicted molar refractivity (Wildman–Crippen MR) is 78.0 cm³/mol. The van der Waals surface area contributed by atoms with E-state index in [2.05, 4.69) is 0 Å². The van der Waals surface area contributed by atoms with Crippen LogP contribution in [0.4, 0.5) is 8.78 Å². The number of esters is 1. The Bertz CT molecular complexity index is 585. The molecule has 0 radical (unpaired) electrons. The molecular weight excluding hydrogens is 293 g/mol. The van der Waals surface area contributed by atoms with E-state index in [1.807, 2.05) is 27.7 Å². The maximum absolute atomic E-state index is 13.6. The molecule has 7 heteroatoms. The summed E-state index contributed by atoms with van der Waals surface area (Å²) in [5, 5.41) is 0. The van der Waals surface area contributed by atoms with Crippen LogP contribution in [-0.2, 0) is 14.0 Å². The lowest BCUT2D eigenvalue weighted by Crippen LogP contribution is -2.41. The summed E-state index contributed by atoms with van der Waals surface area (Å²) >= 11 is 0. The van der Waals surface area contributed by atoms with Crippen LogP contribution < -0.4 is 5.46 Å². The standard InChI is InChI=1S/C15H19BF2O4/c1-6-20-13(19)9-7-11(17)12(18)8-10(9)16-21-14(2,3)15(4,5)22-16/h7-8H,6H2,1-5H3. The SMILES string of the molecule is CCOC(=O)c1cc(F)c(F)cc1B1OC(C)(C)C(C)(C)O1. The third-order valence-electron chi connectivity index (χ3n) is 4.09. The van der Waals surface area contributed by atoms with Crippen LogP contribution in [0.2, 0.25) is 0 Å². The number of ether oxygens (including phenoxy) is 1. The molecule has 120 valence electrons. The van der Waals surface area contributed by atoms with Crippen molar-refractivity contribution in [3.63, 3.8) is 0 Å². The van der Waals surface area contributed by atoms with Crippen LogP contribution in [-0.4, -0.2) is 30.9 Å². The summed E-state index contributed by atoms with van der Waals surface area (Å²) in [7, 11) is -0.973. The topological polar surface area (TPSA) is 44.8 Å². The molecule has 1 heterocycles. The molecule has 0 unspecified atom stereocenters. The number of benzene rings is 1. The molecule has 0 saturated carbocycles. The van der Waals surface area contributed by atoms with Crippen molar-refractivity contribution in [1.29, 1.82) is 0 Å². The maximum atomic E-state index is 13.6. The summed E-state index contributed by atoms with van der Waals surface area (Å²) in [4.78, 5) is 12.0. The molecule has 1 aliphatic heterocycles. The zero-order valence-corrected chi connectivity index (χ0v) is 13.3. The van der Waals surface area contributed by atoms with Gasteiger partial charge in [0.15, 0.2) is 11.6 Å². The van der Waals surface area contributed by atoms with Gasteiger partial charge in [0.25, 0.3) is 0 Å². The van der Waals surface area contributed by atoms with Gasteiger partial charge in [-0.3, -0.25) is 0 Å². The van der Waals surface area contributed by atoms with Crippen LogP contribution in [0.15, 0.2) is 12.1 Å². The minimum Gasteiger partial charge on any atom is -0.462 e. The summed E-state index contributed by atoms with van der Waals surface area (Å²) in [6.45, 7) is 9.08. The molecule has 22 heavy (non-hydrogen) atoms. The first kappa shape index (κ1) is 16.9. The fraction of sp³-hybridized carbons (Fsp3) is 0.533. The van der Waals surface area contributed by atoms with E-state index in [1.54, 1.807) is 6.92 Å². The molecule has 1 saturated heterocycles. The van der Waals surface area contributed by atoms with Gasteiger partial charge in [0.1, 0.15) is 0 Å². The third kappa shape index (κ3) is 2.87. The highest BCUT2D eigenvalue weighted by molar-refractivity contribution is 6.63. The molecule has 1 aliphatic rings. The van der Waals surface area contributed by atoms with Crippen LogP contribution in [0, 0.1) is 11.6 Å². The molecule has 1 aromatic carbocycles. The van der Waals surface area contributed by atoms with E-state index >= 15 is 0 Å². The van der Waals surface area contributed by atoms with Crippen molar-refractivity contribution in [2.24, 2.45) is 0 Å². The van der Waals surface area contributed by atoms with Gasteiger partial charge in [-0.1, -0.05) is 0 Å². The van der Waals surface area contributed by atoms with Crippen LogP contribution in [0.25, 0.3) is 0 Å². The lowest BCUT2D eigenvalue weighted by molar-refractivity contribution is 0.00578. The van der Waals surface area contributed by atoms with Gasteiger partial charge in [0.2, 0.25) is 0 Å². The Labute approximate surface area is 128 Å². The number of halogens is 2. The van der Waals surface area contributed by atoms with Gasteiger partial charge in [0, 0.05) is 5.46 Å². The molecule has 0 amide bonds. The molecular formula is C15H19BF2O4. The Morgan fingerprint density at radius 3 is 2.14 bits per heavy atom. The average Bonchev–Trinajstić information content (AvgIpc) is 2.61. The number of hydrogen-bond acceptors (Lipinski definition) is 4. The highest BCUT2D eigenvalue weighted by Crippen LogP contribution is 2.36. The Morgan fingerprint density at radius 2 is 1.64 bits per heavy atom. The van der Waals surface area contributed by atoms with E-state index < -0.39 is 35.9 Å². The fourth-order valence-electron chi connectivity index (χ4n) is 2.11. The van der Waals surface area contributed by atoms with Crippen molar-refractivity contribution in [1.82, 2.24) is 0 Å². The highest BCUT2D eigenvalue weighted by atomic mass is 19.2. The molecule has 2 rings (SSSR count). The molecule has 0 N–H and O–H groups in total. The van der Waals surface area contributed by atoms with Crippen molar-refractivity contribution in [2.75, 3.05) is 6.61 Å².